The van der Waals surface area contributed by atoms with E-state index < -0.39 is 0 Å². The minimum Gasteiger partial charge on any atom is -0.364 e. The Morgan fingerprint density at radius 1 is 1.00 bits per heavy atom. The van der Waals surface area contributed by atoms with Crippen LogP contribution in [0.25, 0.3) is 0 Å². The molecule has 0 fully saturated rings. The van der Waals surface area contributed by atoms with E-state index in [1.54, 1.807) is 0 Å². The molecule has 0 radical (unpaired) electrons. The minimum atomic E-state index is 0.713. The van der Waals surface area contributed by atoms with E-state index in [4.69, 9.17) is 0 Å². The Morgan fingerprint density at radius 2 is 1.55 bits per heavy atom. The zero-order chi connectivity index (χ0) is 14.5. The summed E-state index contributed by atoms with van der Waals surface area (Å²) < 4.78 is 0. The number of hydrogen-bond donors (Lipinski definition) is 0. The lowest BCUT2D eigenvalue weighted by atomic mass is 10.2. The summed E-state index contributed by atoms with van der Waals surface area (Å²) in [4.78, 5) is 11.1. The number of hydrogen-bond acceptors (Lipinski definition) is 2. The first-order valence-corrected chi connectivity index (χ1v) is 6.96. The van der Waals surface area contributed by atoms with Crippen LogP contribution >= 0.6 is 0 Å². The van der Waals surface area contributed by atoms with Crippen LogP contribution in [0.4, 0.5) is 5.69 Å². The minimum absolute atomic E-state index is 0.713. The van der Waals surface area contributed by atoms with Crippen LogP contribution in [0.2, 0.25) is 0 Å². The lowest BCUT2D eigenvalue weighted by molar-refractivity contribution is 0.479. The molecule has 0 saturated carbocycles. The second kappa shape index (κ2) is 6.46. The molecule has 20 heavy (non-hydrogen) atoms. The molecule has 0 atom stereocenters. The predicted molar refractivity (Wildman–Crippen MR) is 86.3 cm³/mol. The molecular weight excluding hydrogens is 248 g/mol. The summed E-state index contributed by atoms with van der Waals surface area (Å²) in [6, 6.07) is 8.70. The van der Waals surface area contributed by atoms with Gasteiger partial charge in [0.05, 0.1) is 6.54 Å². The molecule has 0 aromatic heterocycles. The highest BCUT2D eigenvalue weighted by Gasteiger charge is 2.07. The van der Waals surface area contributed by atoms with Crippen molar-refractivity contribution in [3.63, 3.8) is 0 Å². The van der Waals surface area contributed by atoms with Crippen molar-refractivity contribution in [1.82, 2.24) is 9.80 Å². The molecule has 108 valence electrons. The van der Waals surface area contributed by atoms with E-state index in [2.05, 4.69) is 46.3 Å². The molecule has 0 unspecified atom stereocenters. The lowest BCUT2D eigenvalue weighted by Crippen LogP contribution is -2.35. The van der Waals surface area contributed by atoms with Gasteiger partial charge in [-0.2, -0.15) is 0 Å². The summed E-state index contributed by atoms with van der Waals surface area (Å²) in [6.07, 6.45) is 4.41. The Balaban J connectivity index is 2.01. The average molecular weight is 272 g/mol. The molecule has 1 heterocycles. The van der Waals surface area contributed by atoms with Crippen molar-refractivity contribution in [2.24, 2.45) is 4.99 Å². The fraction of sp³-hybridized carbons (Fsp3) is 0.438. The predicted octanol–water partition coefficient (Wildman–Crippen LogP) is 2.04. The largest absolute Gasteiger partial charge is 0.364 e. The van der Waals surface area contributed by atoms with Gasteiger partial charge in [-0.3, -0.25) is 0 Å². The van der Waals surface area contributed by atoms with Crippen molar-refractivity contribution < 1.29 is 0 Å². The molecule has 1 aliphatic heterocycles. The quantitative estimate of drug-likeness (QED) is 0.477. The van der Waals surface area contributed by atoms with Crippen molar-refractivity contribution in [1.29, 1.82) is 0 Å². The molecule has 4 heteroatoms. The van der Waals surface area contributed by atoms with Gasteiger partial charge in [0.2, 0.25) is 0 Å². The molecular formula is C16H24N4. The van der Waals surface area contributed by atoms with E-state index in [1.165, 1.54) is 11.3 Å². The van der Waals surface area contributed by atoms with Crippen LogP contribution in [-0.2, 0) is 6.54 Å². The highest BCUT2D eigenvalue weighted by Crippen LogP contribution is 2.18. The molecule has 0 aliphatic carbocycles. The number of anilines is 1. The summed E-state index contributed by atoms with van der Waals surface area (Å²) in [5.74, 6) is 0.984. The van der Waals surface area contributed by atoms with E-state index >= 15 is 0 Å². The summed E-state index contributed by atoms with van der Waals surface area (Å²) in [5, 5.41) is 0. The fourth-order valence-corrected chi connectivity index (χ4v) is 2.35. The number of rotatable bonds is 3. The van der Waals surface area contributed by atoms with Crippen molar-refractivity contribution in [2.75, 3.05) is 46.2 Å². The Kier molecular flexibility index (Phi) is 4.66. The molecule has 1 aliphatic rings. The summed E-state index contributed by atoms with van der Waals surface area (Å²) in [7, 11) is 8.06. The van der Waals surface area contributed by atoms with Crippen LogP contribution in [0.3, 0.4) is 0 Å². The maximum Gasteiger partial charge on any atom is 0.195 e. The maximum absolute atomic E-state index is 4.66. The molecule has 0 spiro atoms. The van der Waals surface area contributed by atoms with Crippen LogP contribution in [0.1, 0.15) is 5.56 Å². The Morgan fingerprint density at radius 3 is 2.05 bits per heavy atom. The van der Waals surface area contributed by atoms with Crippen LogP contribution < -0.4 is 4.90 Å². The third-order valence-corrected chi connectivity index (χ3v) is 3.32. The maximum atomic E-state index is 4.66. The van der Waals surface area contributed by atoms with Gasteiger partial charge in [0, 0.05) is 47.0 Å². The van der Waals surface area contributed by atoms with Crippen LogP contribution in [-0.4, -0.2) is 57.0 Å². The van der Waals surface area contributed by atoms with E-state index in [1.807, 2.05) is 38.0 Å². The van der Waals surface area contributed by atoms with E-state index in [9.17, 15) is 0 Å². The molecule has 1 aromatic rings. The second-order valence-corrected chi connectivity index (χ2v) is 5.45. The molecule has 0 bridgehead atoms. The topological polar surface area (TPSA) is 22.1 Å². The number of benzene rings is 1. The van der Waals surface area contributed by atoms with Crippen molar-refractivity contribution in [3.8, 4) is 0 Å². The van der Waals surface area contributed by atoms with Gasteiger partial charge in [-0.05, 0) is 17.7 Å². The van der Waals surface area contributed by atoms with Gasteiger partial charge in [0.15, 0.2) is 5.96 Å². The molecule has 4 nitrogen and oxygen atoms in total. The van der Waals surface area contributed by atoms with Gasteiger partial charge in [0.25, 0.3) is 0 Å². The van der Waals surface area contributed by atoms with Gasteiger partial charge in [0.1, 0.15) is 0 Å². The third-order valence-electron chi connectivity index (χ3n) is 3.32. The summed E-state index contributed by atoms with van der Waals surface area (Å²) in [5.41, 5.74) is 2.52. The first-order valence-electron chi connectivity index (χ1n) is 6.96. The average Bonchev–Trinajstić information content (AvgIpc) is 2.92. The smallest absolute Gasteiger partial charge is 0.195 e. The zero-order valence-electron chi connectivity index (χ0n) is 12.9. The zero-order valence-corrected chi connectivity index (χ0v) is 12.9. The molecule has 0 amide bonds. The molecule has 2 rings (SSSR count). The van der Waals surface area contributed by atoms with Crippen LogP contribution in [0.15, 0.2) is 41.4 Å². The third kappa shape index (κ3) is 3.53. The van der Waals surface area contributed by atoms with Gasteiger partial charge < -0.3 is 14.7 Å². The molecule has 1 aromatic carbocycles. The van der Waals surface area contributed by atoms with Gasteiger partial charge >= 0.3 is 0 Å². The number of aliphatic imine (C=N–C) groups is 1. The van der Waals surface area contributed by atoms with E-state index in [0.717, 1.165) is 19.0 Å². The number of guanidine groups is 1. The first kappa shape index (κ1) is 14.4. The highest BCUT2D eigenvalue weighted by molar-refractivity contribution is 5.79. The monoisotopic (exact) mass is 272 g/mol. The van der Waals surface area contributed by atoms with Gasteiger partial charge in [-0.25, -0.2) is 4.99 Å². The second-order valence-electron chi connectivity index (χ2n) is 5.45. The Bertz CT molecular complexity index is 468. The highest BCUT2D eigenvalue weighted by atomic mass is 15.3. The molecule has 0 saturated heterocycles. The van der Waals surface area contributed by atoms with Crippen molar-refractivity contribution in [3.05, 3.63) is 42.0 Å². The Labute approximate surface area is 122 Å². The standard InChI is InChI=1S/C16H24N4/c1-18(2)16(19(3)4)17-13-14-7-9-15(10-8-14)20-11-5-6-12-20/h5-10H,11-13H2,1-4H3. The van der Waals surface area contributed by atoms with E-state index in [-0.39, 0.29) is 0 Å². The normalized spacial score (nSPS) is 13.5. The fourth-order valence-electron chi connectivity index (χ4n) is 2.35. The van der Waals surface area contributed by atoms with E-state index in [0.29, 0.717) is 6.54 Å². The summed E-state index contributed by atoms with van der Waals surface area (Å²) >= 11 is 0. The SMILES string of the molecule is CN(C)C(=NCc1ccc(N2CC=CC2)cc1)N(C)C. The molecule has 0 N–H and O–H groups in total. The number of nitrogens with zero attached hydrogens (tertiary/aromatic N) is 4. The Hall–Kier alpha value is -1.97. The first-order chi connectivity index (χ1) is 9.58. The lowest BCUT2D eigenvalue weighted by Gasteiger charge is -2.22. The van der Waals surface area contributed by atoms with Crippen molar-refractivity contribution in [2.45, 2.75) is 6.54 Å². The van der Waals surface area contributed by atoms with Crippen LogP contribution in [0, 0.1) is 0 Å². The van der Waals surface area contributed by atoms with Gasteiger partial charge in [-0.1, -0.05) is 24.3 Å². The van der Waals surface area contributed by atoms with Gasteiger partial charge in [-0.15, -0.1) is 0 Å². The van der Waals surface area contributed by atoms with Crippen molar-refractivity contribution >= 4 is 11.6 Å². The van der Waals surface area contributed by atoms with Crippen LogP contribution in [0.5, 0.6) is 0 Å². The summed E-state index contributed by atoms with van der Waals surface area (Å²) in [6.45, 7) is 2.75.